The van der Waals surface area contributed by atoms with E-state index in [2.05, 4.69) is 25.7 Å². The van der Waals surface area contributed by atoms with E-state index in [1.165, 1.54) is 0 Å². The molecule has 0 radical (unpaired) electrons. The number of ether oxygens (including phenoxy) is 1. The predicted molar refractivity (Wildman–Crippen MR) is 62.8 cm³/mol. The zero-order valence-electron chi connectivity index (χ0n) is 10.6. The Kier molecular flexibility index (Phi) is 7.09. The maximum absolute atomic E-state index is 9.37. The van der Waals surface area contributed by atoms with E-state index in [0.29, 0.717) is 12.5 Å². The third kappa shape index (κ3) is 4.47. The van der Waals surface area contributed by atoms with Crippen LogP contribution in [0.15, 0.2) is 0 Å². The van der Waals surface area contributed by atoms with Crippen molar-refractivity contribution in [3.63, 3.8) is 0 Å². The van der Waals surface area contributed by atoms with Crippen molar-refractivity contribution < 1.29 is 9.84 Å². The minimum Gasteiger partial charge on any atom is -0.395 e. The van der Waals surface area contributed by atoms with Crippen molar-refractivity contribution in [3.8, 4) is 0 Å². The van der Waals surface area contributed by atoms with Gasteiger partial charge in [-0.2, -0.15) is 0 Å². The van der Waals surface area contributed by atoms with E-state index < -0.39 is 0 Å². The molecule has 0 saturated heterocycles. The monoisotopic (exact) mass is 218 g/mol. The molecular formula is C11H26N2O2. The molecule has 0 amide bonds. The summed E-state index contributed by atoms with van der Waals surface area (Å²) < 4.78 is 5.10. The Bertz CT molecular complexity index is 165. The lowest BCUT2D eigenvalue weighted by molar-refractivity contribution is 0.0466. The molecule has 4 heteroatoms. The molecule has 0 aromatic heterocycles. The van der Waals surface area contributed by atoms with Crippen molar-refractivity contribution in [2.45, 2.75) is 38.9 Å². The van der Waals surface area contributed by atoms with Crippen LogP contribution < -0.4 is 5.73 Å². The molecule has 0 aromatic rings. The summed E-state index contributed by atoms with van der Waals surface area (Å²) in [6.07, 6.45) is 0. The SMILES string of the molecule is COCC(C)N(C)C(CO)C(N)C(C)C. The van der Waals surface area contributed by atoms with Gasteiger partial charge in [0, 0.05) is 25.2 Å². The van der Waals surface area contributed by atoms with Crippen LogP contribution in [0.1, 0.15) is 20.8 Å². The van der Waals surface area contributed by atoms with Gasteiger partial charge in [-0.3, -0.25) is 4.90 Å². The van der Waals surface area contributed by atoms with Crippen LogP contribution in [-0.2, 0) is 4.74 Å². The molecule has 0 heterocycles. The molecule has 0 aliphatic rings. The molecule has 3 N–H and O–H groups in total. The first-order valence-electron chi connectivity index (χ1n) is 5.53. The second-order valence-electron chi connectivity index (χ2n) is 4.54. The molecule has 0 fully saturated rings. The van der Waals surface area contributed by atoms with Crippen molar-refractivity contribution in [3.05, 3.63) is 0 Å². The van der Waals surface area contributed by atoms with Crippen LogP contribution in [-0.4, -0.2) is 55.5 Å². The van der Waals surface area contributed by atoms with Crippen LogP contribution in [0.2, 0.25) is 0 Å². The van der Waals surface area contributed by atoms with Crippen molar-refractivity contribution in [2.75, 3.05) is 27.4 Å². The fourth-order valence-electron chi connectivity index (χ4n) is 1.65. The third-order valence-corrected chi connectivity index (χ3v) is 3.03. The molecule has 0 saturated carbocycles. The van der Waals surface area contributed by atoms with E-state index in [1.807, 2.05) is 7.05 Å². The van der Waals surface area contributed by atoms with Crippen molar-refractivity contribution in [1.82, 2.24) is 4.90 Å². The van der Waals surface area contributed by atoms with Crippen molar-refractivity contribution >= 4 is 0 Å². The largest absolute Gasteiger partial charge is 0.395 e. The van der Waals surface area contributed by atoms with E-state index in [9.17, 15) is 5.11 Å². The summed E-state index contributed by atoms with van der Waals surface area (Å²) in [7, 11) is 3.66. The summed E-state index contributed by atoms with van der Waals surface area (Å²) in [4.78, 5) is 2.09. The second kappa shape index (κ2) is 7.17. The van der Waals surface area contributed by atoms with Crippen molar-refractivity contribution in [1.29, 1.82) is 0 Å². The van der Waals surface area contributed by atoms with Gasteiger partial charge in [0.2, 0.25) is 0 Å². The molecule has 3 unspecified atom stereocenters. The second-order valence-corrected chi connectivity index (χ2v) is 4.54. The lowest BCUT2D eigenvalue weighted by Gasteiger charge is -2.36. The first-order valence-corrected chi connectivity index (χ1v) is 5.53. The third-order valence-electron chi connectivity index (χ3n) is 3.03. The standard InChI is InChI=1S/C11H26N2O2/c1-8(2)11(12)10(6-14)13(4)9(3)7-15-5/h8-11,14H,6-7,12H2,1-5H3. The number of aliphatic hydroxyl groups excluding tert-OH is 1. The Hall–Kier alpha value is -0.160. The molecule has 3 atom stereocenters. The van der Waals surface area contributed by atoms with Gasteiger partial charge in [-0.1, -0.05) is 13.8 Å². The summed E-state index contributed by atoms with van der Waals surface area (Å²) in [6.45, 7) is 6.95. The minimum absolute atomic E-state index is 0.00449. The van der Waals surface area contributed by atoms with E-state index in [4.69, 9.17) is 10.5 Å². The van der Waals surface area contributed by atoms with Crippen LogP contribution in [0, 0.1) is 5.92 Å². The highest BCUT2D eigenvalue weighted by atomic mass is 16.5. The van der Waals surface area contributed by atoms with Gasteiger partial charge in [0.1, 0.15) is 0 Å². The van der Waals surface area contributed by atoms with Gasteiger partial charge in [0.15, 0.2) is 0 Å². The minimum atomic E-state index is -0.0145. The number of nitrogens with zero attached hydrogens (tertiary/aromatic N) is 1. The Morgan fingerprint density at radius 2 is 1.87 bits per heavy atom. The zero-order chi connectivity index (χ0) is 12.0. The average Bonchev–Trinajstić information content (AvgIpc) is 2.18. The molecular weight excluding hydrogens is 192 g/mol. The molecule has 0 aromatic carbocycles. The molecule has 0 bridgehead atoms. The Labute approximate surface area is 93.4 Å². The average molecular weight is 218 g/mol. The smallest absolute Gasteiger partial charge is 0.0615 e. The summed E-state index contributed by atoms with van der Waals surface area (Å²) in [5, 5.41) is 9.37. The molecule has 0 aliphatic heterocycles. The number of nitrogens with two attached hydrogens (primary N) is 1. The van der Waals surface area contributed by atoms with E-state index in [1.54, 1.807) is 7.11 Å². The Balaban J connectivity index is 4.38. The van der Waals surface area contributed by atoms with Gasteiger partial charge in [-0.05, 0) is 19.9 Å². The van der Waals surface area contributed by atoms with Crippen LogP contribution in [0.3, 0.4) is 0 Å². The highest BCUT2D eigenvalue weighted by Crippen LogP contribution is 2.11. The molecule has 4 nitrogen and oxygen atoms in total. The first-order chi connectivity index (χ1) is 6.95. The summed E-state index contributed by atoms with van der Waals surface area (Å²) in [6, 6.07) is 0.242. The van der Waals surface area contributed by atoms with E-state index in [-0.39, 0.29) is 24.7 Å². The van der Waals surface area contributed by atoms with Gasteiger partial charge < -0.3 is 15.6 Å². The number of methoxy groups -OCH3 is 1. The van der Waals surface area contributed by atoms with E-state index >= 15 is 0 Å². The van der Waals surface area contributed by atoms with Crippen LogP contribution >= 0.6 is 0 Å². The number of aliphatic hydroxyl groups is 1. The molecule has 15 heavy (non-hydrogen) atoms. The van der Waals surface area contributed by atoms with Crippen LogP contribution in [0.25, 0.3) is 0 Å². The zero-order valence-corrected chi connectivity index (χ0v) is 10.6. The molecule has 0 spiro atoms. The highest BCUT2D eigenvalue weighted by Gasteiger charge is 2.26. The number of rotatable bonds is 7. The normalized spacial score (nSPS) is 18.2. The summed E-state index contributed by atoms with van der Waals surface area (Å²) in [5.41, 5.74) is 6.06. The molecule has 0 aliphatic carbocycles. The fourth-order valence-corrected chi connectivity index (χ4v) is 1.65. The Morgan fingerprint density at radius 1 is 1.33 bits per heavy atom. The lowest BCUT2D eigenvalue weighted by atomic mass is 9.96. The maximum Gasteiger partial charge on any atom is 0.0615 e. The van der Waals surface area contributed by atoms with Crippen molar-refractivity contribution in [2.24, 2.45) is 11.7 Å². The van der Waals surface area contributed by atoms with Gasteiger partial charge in [-0.15, -0.1) is 0 Å². The first kappa shape index (κ1) is 14.8. The summed E-state index contributed by atoms with van der Waals surface area (Å²) >= 11 is 0. The van der Waals surface area contributed by atoms with Gasteiger partial charge in [-0.25, -0.2) is 0 Å². The Morgan fingerprint density at radius 3 is 2.20 bits per heavy atom. The topological polar surface area (TPSA) is 58.7 Å². The van der Waals surface area contributed by atoms with Gasteiger partial charge in [0.25, 0.3) is 0 Å². The summed E-state index contributed by atoms with van der Waals surface area (Å²) in [5.74, 6) is 0.361. The predicted octanol–water partition coefficient (Wildman–Crippen LogP) is 0.297. The fraction of sp³-hybridized carbons (Fsp3) is 1.00. The van der Waals surface area contributed by atoms with Crippen LogP contribution in [0.5, 0.6) is 0 Å². The molecule has 92 valence electrons. The van der Waals surface area contributed by atoms with Gasteiger partial charge >= 0.3 is 0 Å². The number of hydrogen-bond donors (Lipinski definition) is 2. The number of hydrogen-bond acceptors (Lipinski definition) is 4. The van der Waals surface area contributed by atoms with Crippen LogP contribution in [0.4, 0.5) is 0 Å². The lowest BCUT2D eigenvalue weighted by Crippen LogP contribution is -2.54. The van der Waals surface area contributed by atoms with E-state index in [0.717, 1.165) is 0 Å². The molecule has 0 rings (SSSR count). The quantitative estimate of drug-likeness (QED) is 0.645. The number of likely N-dealkylation sites (N-methyl/N-ethyl adjacent to an activating group) is 1. The highest BCUT2D eigenvalue weighted by molar-refractivity contribution is 4.84. The van der Waals surface area contributed by atoms with Gasteiger partial charge in [0.05, 0.1) is 13.2 Å². The maximum atomic E-state index is 9.37.